The number of carbonyl (C=O) groups excluding carboxylic acids is 2. The zero-order valence-corrected chi connectivity index (χ0v) is 15.8. The number of esters is 1. The second-order valence-corrected chi connectivity index (χ2v) is 7.72. The van der Waals surface area contributed by atoms with Crippen molar-refractivity contribution in [2.45, 2.75) is 26.8 Å². The molecule has 0 aliphatic heterocycles. The van der Waals surface area contributed by atoms with Gasteiger partial charge in [-0.3, -0.25) is 4.79 Å². The molecule has 3 rings (SSSR count). The average Bonchev–Trinajstić information content (AvgIpc) is 3.33. The van der Waals surface area contributed by atoms with E-state index in [1.165, 1.54) is 16.2 Å². The van der Waals surface area contributed by atoms with Gasteiger partial charge in [-0.2, -0.15) is 0 Å². The van der Waals surface area contributed by atoms with E-state index in [2.05, 4.69) is 16.0 Å². The molecule has 0 radical (unpaired) electrons. The van der Waals surface area contributed by atoms with E-state index in [-0.39, 0.29) is 12.4 Å². The fourth-order valence-corrected chi connectivity index (χ4v) is 4.09. The third-order valence-electron chi connectivity index (χ3n) is 4.09. The highest BCUT2D eigenvalue weighted by Crippen LogP contribution is 2.19. The summed E-state index contributed by atoms with van der Waals surface area (Å²) >= 11 is 3.04. The largest absolute Gasteiger partial charge is 0.453 e. The van der Waals surface area contributed by atoms with Crippen LogP contribution in [0.5, 0.6) is 0 Å². The number of ether oxygens (including phenoxy) is 1. The quantitative estimate of drug-likeness (QED) is 0.452. The minimum absolute atomic E-state index is 0.166. The smallest absolute Gasteiger partial charge is 0.348 e. The first-order valence-corrected chi connectivity index (χ1v) is 9.75. The molecule has 0 aromatic carbocycles. The lowest BCUT2D eigenvalue weighted by Gasteiger charge is -2.09. The summed E-state index contributed by atoms with van der Waals surface area (Å²) in [4.78, 5) is 26.2. The summed E-state index contributed by atoms with van der Waals surface area (Å²) in [6.07, 6.45) is 0.940. The number of hydrogen-bond acceptors (Lipinski definition) is 5. The summed E-state index contributed by atoms with van der Waals surface area (Å²) in [6.45, 7) is 4.54. The molecule has 0 atom stereocenters. The van der Waals surface area contributed by atoms with Gasteiger partial charge in [0, 0.05) is 28.4 Å². The highest BCUT2D eigenvalue weighted by atomic mass is 32.1. The Kier molecular flexibility index (Phi) is 5.50. The fraction of sp³-hybridized carbons (Fsp3) is 0.263. The van der Waals surface area contributed by atoms with Crippen LogP contribution in [-0.2, 0) is 17.7 Å². The maximum Gasteiger partial charge on any atom is 0.348 e. The van der Waals surface area contributed by atoms with Crippen LogP contribution in [-0.4, -0.2) is 22.9 Å². The van der Waals surface area contributed by atoms with E-state index in [9.17, 15) is 9.59 Å². The molecule has 130 valence electrons. The molecule has 0 saturated heterocycles. The summed E-state index contributed by atoms with van der Waals surface area (Å²) in [5, 5.41) is 3.88. The lowest BCUT2D eigenvalue weighted by Crippen LogP contribution is -2.14. The number of thiophene rings is 2. The molecule has 3 aromatic heterocycles. The Labute approximate surface area is 154 Å². The van der Waals surface area contributed by atoms with Crippen LogP contribution in [0.4, 0.5) is 0 Å². The van der Waals surface area contributed by atoms with E-state index in [1.807, 2.05) is 26.0 Å². The van der Waals surface area contributed by atoms with Gasteiger partial charge in [-0.15, -0.1) is 22.7 Å². The van der Waals surface area contributed by atoms with E-state index >= 15 is 0 Å². The number of aryl methyl sites for hydroxylation is 2. The van der Waals surface area contributed by atoms with Crippen molar-refractivity contribution in [1.29, 1.82) is 0 Å². The minimum atomic E-state index is -0.449. The Morgan fingerprint density at radius 2 is 1.88 bits per heavy atom. The Balaban J connectivity index is 1.64. The third kappa shape index (κ3) is 4.08. The van der Waals surface area contributed by atoms with Gasteiger partial charge in [-0.05, 0) is 49.2 Å². The number of nitrogens with zero attached hydrogens (tertiary/aromatic N) is 1. The second-order valence-electron chi connectivity index (χ2n) is 5.74. The highest BCUT2D eigenvalue weighted by Gasteiger charge is 2.18. The molecule has 0 aliphatic rings. The second kappa shape index (κ2) is 7.80. The predicted molar refractivity (Wildman–Crippen MR) is 101 cm³/mol. The van der Waals surface area contributed by atoms with Gasteiger partial charge in [-0.1, -0.05) is 12.1 Å². The SMILES string of the molecule is Cc1cc(C(=O)COC(=O)c2cccs2)c(C)n1CCc1cccs1. The average molecular weight is 373 g/mol. The summed E-state index contributed by atoms with van der Waals surface area (Å²) < 4.78 is 7.29. The number of aromatic nitrogens is 1. The molecule has 0 amide bonds. The summed E-state index contributed by atoms with van der Waals surface area (Å²) in [5.74, 6) is -0.616. The number of carbonyl (C=O) groups is 2. The molecule has 0 spiro atoms. The Morgan fingerprint density at radius 3 is 2.56 bits per heavy atom. The molecule has 0 bridgehead atoms. The Bertz CT molecular complexity index is 861. The van der Waals surface area contributed by atoms with Gasteiger partial charge in [-0.25, -0.2) is 4.79 Å². The van der Waals surface area contributed by atoms with Crippen LogP contribution in [0.15, 0.2) is 41.1 Å². The normalized spacial score (nSPS) is 10.8. The number of Topliss-reactive ketones (excluding diaryl/α,β-unsaturated/α-hetero) is 1. The van der Waals surface area contributed by atoms with Crippen molar-refractivity contribution < 1.29 is 14.3 Å². The van der Waals surface area contributed by atoms with Gasteiger partial charge < -0.3 is 9.30 Å². The molecular formula is C19H19NO3S2. The van der Waals surface area contributed by atoms with Crippen molar-refractivity contribution in [2.75, 3.05) is 6.61 Å². The Morgan fingerprint density at radius 1 is 1.12 bits per heavy atom. The van der Waals surface area contributed by atoms with Gasteiger partial charge in [0.2, 0.25) is 5.78 Å². The molecular weight excluding hydrogens is 354 g/mol. The number of hydrogen-bond donors (Lipinski definition) is 0. The van der Waals surface area contributed by atoms with Crippen molar-refractivity contribution in [2.24, 2.45) is 0 Å². The number of ketones is 1. The van der Waals surface area contributed by atoms with Crippen LogP contribution in [0.25, 0.3) is 0 Å². The van der Waals surface area contributed by atoms with Crippen LogP contribution in [0, 0.1) is 13.8 Å². The van der Waals surface area contributed by atoms with Crippen LogP contribution >= 0.6 is 22.7 Å². The molecule has 0 N–H and O–H groups in total. The van der Waals surface area contributed by atoms with Gasteiger partial charge >= 0.3 is 5.97 Å². The molecule has 3 aromatic rings. The van der Waals surface area contributed by atoms with Crippen LogP contribution in [0.2, 0.25) is 0 Å². The first-order valence-electron chi connectivity index (χ1n) is 7.99. The van der Waals surface area contributed by atoms with Gasteiger partial charge in [0.15, 0.2) is 6.61 Å². The maximum atomic E-state index is 12.5. The van der Waals surface area contributed by atoms with Crippen molar-refractivity contribution >= 4 is 34.4 Å². The molecule has 0 saturated carbocycles. The minimum Gasteiger partial charge on any atom is -0.453 e. The zero-order chi connectivity index (χ0) is 17.8. The Hall–Kier alpha value is -2.18. The lowest BCUT2D eigenvalue weighted by atomic mass is 10.1. The molecule has 25 heavy (non-hydrogen) atoms. The van der Waals surface area contributed by atoms with Crippen molar-refractivity contribution in [3.05, 3.63) is 67.8 Å². The monoisotopic (exact) mass is 373 g/mol. The summed E-state index contributed by atoms with van der Waals surface area (Å²) in [5.41, 5.74) is 2.59. The molecule has 3 heterocycles. The molecule has 0 aliphatic carbocycles. The molecule has 0 unspecified atom stereocenters. The standard InChI is InChI=1S/C19H19NO3S2/c1-13-11-16(14(2)20(13)8-7-15-5-3-9-24-15)17(21)12-23-19(22)18-6-4-10-25-18/h3-6,9-11H,7-8,12H2,1-2H3. The van der Waals surface area contributed by atoms with Crippen LogP contribution < -0.4 is 0 Å². The van der Waals surface area contributed by atoms with E-state index in [4.69, 9.17) is 4.74 Å². The van der Waals surface area contributed by atoms with Crippen LogP contribution in [0.1, 0.15) is 36.3 Å². The van der Waals surface area contributed by atoms with Crippen molar-refractivity contribution in [3.63, 3.8) is 0 Å². The van der Waals surface area contributed by atoms with Crippen molar-refractivity contribution in [1.82, 2.24) is 4.57 Å². The van der Waals surface area contributed by atoms with Crippen LogP contribution in [0.3, 0.4) is 0 Å². The lowest BCUT2D eigenvalue weighted by molar-refractivity contribution is 0.0479. The molecule has 6 heteroatoms. The first kappa shape index (κ1) is 17.6. The highest BCUT2D eigenvalue weighted by molar-refractivity contribution is 7.12. The number of rotatable bonds is 7. The fourth-order valence-electron chi connectivity index (χ4n) is 2.78. The van der Waals surface area contributed by atoms with E-state index < -0.39 is 5.97 Å². The summed E-state index contributed by atoms with van der Waals surface area (Å²) in [7, 11) is 0. The topological polar surface area (TPSA) is 48.3 Å². The molecule has 4 nitrogen and oxygen atoms in total. The van der Waals surface area contributed by atoms with Gasteiger partial charge in [0.05, 0.1) is 0 Å². The van der Waals surface area contributed by atoms with Crippen molar-refractivity contribution in [3.8, 4) is 0 Å². The third-order valence-corrected chi connectivity index (χ3v) is 5.88. The van der Waals surface area contributed by atoms with E-state index in [0.29, 0.717) is 10.4 Å². The van der Waals surface area contributed by atoms with Gasteiger partial charge in [0.25, 0.3) is 0 Å². The van der Waals surface area contributed by atoms with Gasteiger partial charge in [0.1, 0.15) is 4.88 Å². The van der Waals surface area contributed by atoms with E-state index in [1.54, 1.807) is 28.8 Å². The first-order chi connectivity index (χ1) is 12.1. The predicted octanol–water partition coefficient (Wildman–Crippen LogP) is 4.51. The molecule has 0 fully saturated rings. The summed E-state index contributed by atoms with van der Waals surface area (Å²) in [6, 6.07) is 9.52. The maximum absolute atomic E-state index is 12.5. The zero-order valence-electron chi connectivity index (χ0n) is 14.2. The van der Waals surface area contributed by atoms with E-state index in [0.717, 1.165) is 24.4 Å².